The van der Waals surface area contributed by atoms with E-state index in [2.05, 4.69) is 0 Å². The van der Waals surface area contributed by atoms with Crippen molar-refractivity contribution < 1.29 is 12.8 Å². The monoisotopic (exact) mass is 293 g/mol. The van der Waals surface area contributed by atoms with Gasteiger partial charge in [0.2, 0.25) is 10.0 Å². The summed E-state index contributed by atoms with van der Waals surface area (Å²) in [4.78, 5) is 0. The molecule has 0 amide bonds. The van der Waals surface area contributed by atoms with Crippen molar-refractivity contribution in [2.24, 2.45) is 0 Å². The Bertz CT molecular complexity index is 654. The van der Waals surface area contributed by atoms with Crippen molar-refractivity contribution in [3.63, 3.8) is 0 Å². The van der Waals surface area contributed by atoms with Crippen LogP contribution in [0, 0.1) is 5.82 Å². The molecule has 0 radical (unpaired) electrons. The molecule has 2 aromatic rings. The second-order valence-corrected chi connectivity index (χ2v) is 6.70. The quantitative estimate of drug-likeness (QED) is 0.850. The van der Waals surface area contributed by atoms with Crippen molar-refractivity contribution in [3.05, 3.63) is 71.5 Å². The molecule has 3 nitrogen and oxygen atoms in total. The lowest BCUT2D eigenvalue weighted by Gasteiger charge is -2.17. The molecule has 0 heterocycles. The van der Waals surface area contributed by atoms with Crippen molar-refractivity contribution in [2.45, 2.75) is 12.3 Å². The van der Waals surface area contributed by atoms with Crippen LogP contribution in [-0.4, -0.2) is 19.8 Å². The number of benzene rings is 2. The Morgan fingerprint density at radius 3 is 2.15 bits per heavy atom. The predicted octanol–water partition coefficient (Wildman–Crippen LogP) is 2.79. The zero-order valence-electron chi connectivity index (χ0n) is 11.2. The molecule has 0 atom stereocenters. The summed E-state index contributed by atoms with van der Waals surface area (Å²) in [5, 5.41) is 0. The van der Waals surface area contributed by atoms with Crippen LogP contribution in [0.3, 0.4) is 0 Å². The van der Waals surface area contributed by atoms with Gasteiger partial charge in [0, 0.05) is 13.6 Å². The van der Waals surface area contributed by atoms with Crippen LogP contribution in [0.25, 0.3) is 0 Å². The van der Waals surface area contributed by atoms with E-state index in [9.17, 15) is 12.8 Å². The van der Waals surface area contributed by atoms with Crippen molar-refractivity contribution in [1.82, 2.24) is 4.31 Å². The van der Waals surface area contributed by atoms with Gasteiger partial charge in [0.1, 0.15) is 5.82 Å². The smallest absolute Gasteiger partial charge is 0.212 e. The molecule has 0 unspecified atom stereocenters. The molecule has 0 aliphatic rings. The molecule has 2 rings (SSSR count). The Morgan fingerprint density at radius 2 is 1.55 bits per heavy atom. The average Bonchev–Trinajstić information content (AvgIpc) is 2.42. The first-order valence-electron chi connectivity index (χ1n) is 6.20. The summed E-state index contributed by atoms with van der Waals surface area (Å²) in [7, 11) is -1.85. The van der Waals surface area contributed by atoms with Crippen molar-refractivity contribution in [1.29, 1.82) is 0 Å². The summed E-state index contributed by atoms with van der Waals surface area (Å²) in [5.41, 5.74) is 1.50. The summed E-state index contributed by atoms with van der Waals surface area (Å²) in [6, 6.07) is 14.9. The van der Waals surface area contributed by atoms with Crippen LogP contribution in [0.4, 0.5) is 4.39 Å². The summed E-state index contributed by atoms with van der Waals surface area (Å²) in [6.07, 6.45) is 0. The van der Waals surface area contributed by atoms with Gasteiger partial charge < -0.3 is 0 Å². The molecule has 106 valence electrons. The first-order valence-corrected chi connectivity index (χ1v) is 7.81. The van der Waals surface area contributed by atoms with E-state index in [1.54, 1.807) is 24.3 Å². The average molecular weight is 293 g/mol. The molecular weight excluding hydrogens is 277 g/mol. The highest BCUT2D eigenvalue weighted by Crippen LogP contribution is 2.13. The molecule has 5 heteroatoms. The van der Waals surface area contributed by atoms with Gasteiger partial charge in [-0.05, 0) is 23.3 Å². The first-order chi connectivity index (χ1) is 9.47. The SMILES string of the molecule is CN(Cc1ccc(F)cc1)S(=O)(=O)Cc1ccccc1. The van der Waals surface area contributed by atoms with Crippen LogP contribution in [0.1, 0.15) is 11.1 Å². The molecule has 0 aliphatic heterocycles. The van der Waals surface area contributed by atoms with E-state index in [0.717, 1.165) is 11.1 Å². The van der Waals surface area contributed by atoms with E-state index in [1.165, 1.54) is 23.5 Å². The van der Waals surface area contributed by atoms with Gasteiger partial charge in [0.25, 0.3) is 0 Å². The number of rotatable bonds is 5. The molecule has 0 N–H and O–H groups in total. The highest BCUT2D eigenvalue weighted by molar-refractivity contribution is 7.88. The summed E-state index contributed by atoms with van der Waals surface area (Å²) < 4.78 is 38.5. The first kappa shape index (κ1) is 14.7. The van der Waals surface area contributed by atoms with Gasteiger partial charge >= 0.3 is 0 Å². The third-order valence-electron chi connectivity index (χ3n) is 2.99. The molecule has 0 aromatic heterocycles. The van der Waals surface area contributed by atoms with E-state index < -0.39 is 10.0 Å². The number of halogens is 1. The zero-order chi connectivity index (χ0) is 14.6. The Hall–Kier alpha value is -1.72. The minimum absolute atomic E-state index is 0.0362. The predicted molar refractivity (Wildman–Crippen MR) is 76.9 cm³/mol. The van der Waals surface area contributed by atoms with Gasteiger partial charge in [-0.2, -0.15) is 0 Å². The van der Waals surface area contributed by atoms with Gasteiger partial charge in [0.05, 0.1) is 5.75 Å². The van der Waals surface area contributed by atoms with Gasteiger partial charge in [0.15, 0.2) is 0 Å². The second-order valence-electron chi connectivity index (χ2n) is 4.62. The summed E-state index contributed by atoms with van der Waals surface area (Å²) in [6.45, 7) is 0.232. The Morgan fingerprint density at radius 1 is 0.950 bits per heavy atom. The Balaban J connectivity index is 2.07. The number of nitrogens with zero attached hydrogens (tertiary/aromatic N) is 1. The zero-order valence-corrected chi connectivity index (χ0v) is 12.0. The van der Waals surface area contributed by atoms with E-state index >= 15 is 0 Å². The molecule has 0 bridgehead atoms. The molecule has 0 fully saturated rings. The minimum atomic E-state index is -3.38. The topological polar surface area (TPSA) is 37.4 Å². The summed E-state index contributed by atoms with van der Waals surface area (Å²) in [5.74, 6) is -0.366. The van der Waals surface area contributed by atoms with Gasteiger partial charge in [-0.1, -0.05) is 42.5 Å². The van der Waals surface area contributed by atoms with Crippen LogP contribution >= 0.6 is 0 Å². The molecule has 20 heavy (non-hydrogen) atoms. The minimum Gasteiger partial charge on any atom is -0.212 e. The Kier molecular flexibility index (Phi) is 4.52. The molecule has 0 saturated heterocycles. The van der Waals surface area contributed by atoms with E-state index in [-0.39, 0.29) is 18.1 Å². The van der Waals surface area contributed by atoms with Crippen molar-refractivity contribution in [2.75, 3.05) is 7.05 Å². The third kappa shape index (κ3) is 3.88. The number of sulfonamides is 1. The largest absolute Gasteiger partial charge is 0.218 e. The Labute approximate surface area is 118 Å². The van der Waals surface area contributed by atoms with Crippen molar-refractivity contribution >= 4 is 10.0 Å². The molecule has 0 spiro atoms. The van der Waals surface area contributed by atoms with Gasteiger partial charge in [-0.3, -0.25) is 0 Å². The second kappa shape index (κ2) is 6.15. The summed E-state index contributed by atoms with van der Waals surface area (Å²) >= 11 is 0. The van der Waals surface area contributed by atoms with Crippen LogP contribution in [0.5, 0.6) is 0 Å². The lowest BCUT2D eigenvalue weighted by molar-refractivity contribution is 0.465. The fourth-order valence-electron chi connectivity index (χ4n) is 1.84. The lowest BCUT2D eigenvalue weighted by Crippen LogP contribution is -2.27. The standard InChI is InChI=1S/C15H16FNO2S/c1-17(11-13-7-9-15(16)10-8-13)20(18,19)12-14-5-3-2-4-6-14/h2-10H,11-12H2,1H3. The normalized spacial score (nSPS) is 11.8. The van der Waals surface area contributed by atoms with E-state index in [0.29, 0.717) is 0 Å². The highest BCUT2D eigenvalue weighted by Gasteiger charge is 2.18. The maximum absolute atomic E-state index is 12.8. The fraction of sp³-hybridized carbons (Fsp3) is 0.200. The maximum Gasteiger partial charge on any atom is 0.218 e. The van der Waals surface area contributed by atoms with Crippen LogP contribution in [0.15, 0.2) is 54.6 Å². The molecule has 2 aromatic carbocycles. The van der Waals surface area contributed by atoms with E-state index in [4.69, 9.17) is 0 Å². The maximum atomic E-state index is 12.8. The molecule has 0 saturated carbocycles. The van der Waals surface area contributed by atoms with Crippen LogP contribution in [-0.2, 0) is 22.3 Å². The fourth-order valence-corrected chi connectivity index (χ4v) is 3.02. The number of hydrogen-bond acceptors (Lipinski definition) is 2. The van der Waals surface area contributed by atoms with Crippen LogP contribution in [0.2, 0.25) is 0 Å². The van der Waals surface area contributed by atoms with E-state index in [1.807, 2.05) is 18.2 Å². The van der Waals surface area contributed by atoms with Gasteiger partial charge in [-0.25, -0.2) is 17.1 Å². The highest BCUT2D eigenvalue weighted by atomic mass is 32.2. The lowest BCUT2D eigenvalue weighted by atomic mass is 10.2. The molecular formula is C15H16FNO2S. The third-order valence-corrected chi connectivity index (χ3v) is 4.76. The molecule has 0 aliphatic carbocycles. The van der Waals surface area contributed by atoms with Crippen molar-refractivity contribution in [3.8, 4) is 0 Å². The van der Waals surface area contributed by atoms with Crippen LogP contribution < -0.4 is 0 Å². The number of hydrogen-bond donors (Lipinski definition) is 0. The van der Waals surface area contributed by atoms with Gasteiger partial charge in [-0.15, -0.1) is 0 Å².